The van der Waals surface area contributed by atoms with E-state index in [4.69, 9.17) is 11.5 Å². The van der Waals surface area contributed by atoms with Crippen LogP contribution in [0.25, 0.3) is 11.3 Å². The lowest BCUT2D eigenvalue weighted by Crippen LogP contribution is -2.10. The van der Waals surface area contributed by atoms with Crippen molar-refractivity contribution in [1.29, 1.82) is 0 Å². The maximum Gasteiger partial charge on any atom is 0.272 e. The number of aromatic nitrogens is 1. The Morgan fingerprint density at radius 1 is 1.18 bits per heavy atom. The molecule has 0 radical (unpaired) electrons. The third-order valence-electron chi connectivity index (χ3n) is 4.55. The van der Waals surface area contributed by atoms with E-state index < -0.39 is 5.91 Å². The fraction of sp³-hybridized carbons (Fsp3) is 0.200. The van der Waals surface area contributed by atoms with Gasteiger partial charge in [0.05, 0.1) is 15.6 Å². The first-order valence-corrected chi connectivity index (χ1v) is 9.45. The number of rotatable bonds is 6. The average molecular weight is 396 g/mol. The van der Waals surface area contributed by atoms with Crippen molar-refractivity contribution in [2.24, 2.45) is 11.5 Å². The summed E-state index contributed by atoms with van der Waals surface area (Å²) in [6.45, 7) is 3.98. The van der Waals surface area contributed by atoms with Gasteiger partial charge < -0.3 is 11.5 Å². The van der Waals surface area contributed by atoms with Crippen molar-refractivity contribution >= 4 is 22.9 Å². The summed E-state index contributed by atoms with van der Waals surface area (Å²) in [4.78, 5) is 27.7. The van der Waals surface area contributed by atoms with Crippen LogP contribution in [0.4, 0.5) is 5.69 Å². The zero-order valence-corrected chi connectivity index (χ0v) is 16.4. The van der Waals surface area contributed by atoms with Gasteiger partial charge in [-0.3, -0.25) is 14.9 Å². The third-order valence-corrected chi connectivity index (χ3v) is 5.62. The highest BCUT2D eigenvalue weighted by atomic mass is 32.1. The Bertz CT molecular complexity index is 1060. The van der Waals surface area contributed by atoms with Crippen LogP contribution in [0.3, 0.4) is 0 Å². The van der Waals surface area contributed by atoms with Gasteiger partial charge in [0.25, 0.3) is 11.6 Å². The van der Waals surface area contributed by atoms with E-state index in [9.17, 15) is 14.9 Å². The molecule has 0 fully saturated rings. The molecule has 4 N–H and O–H groups in total. The maximum atomic E-state index is 11.9. The molecule has 144 valence electrons. The van der Waals surface area contributed by atoms with Crippen molar-refractivity contribution in [3.8, 4) is 11.3 Å². The molecule has 0 aliphatic rings. The van der Waals surface area contributed by atoms with E-state index in [-0.39, 0.29) is 10.6 Å². The Balaban J connectivity index is 1.99. The number of nitro benzene ring substituents is 1. The monoisotopic (exact) mass is 396 g/mol. The number of benzene rings is 2. The summed E-state index contributed by atoms with van der Waals surface area (Å²) >= 11 is 1.25. The highest BCUT2D eigenvalue weighted by Crippen LogP contribution is 2.31. The van der Waals surface area contributed by atoms with Crippen LogP contribution in [0.15, 0.2) is 36.4 Å². The Kier molecular flexibility index (Phi) is 5.53. The largest absolute Gasteiger partial charge is 0.365 e. The summed E-state index contributed by atoms with van der Waals surface area (Å²) in [5.74, 6) is -0.529. The topological polar surface area (TPSA) is 125 Å². The second-order valence-electron chi connectivity index (χ2n) is 6.55. The number of hydrogen-bond acceptors (Lipinski definition) is 6. The summed E-state index contributed by atoms with van der Waals surface area (Å²) in [6.07, 6.45) is 0.469. The fourth-order valence-corrected chi connectivity index (χ4v) is 3.97. The average Bonchev–Trinajstić information content (AvgIpc) is 3.08. The molecule has 7 nitrogen and oxygen atoms in total. The van der Waals surface area contributed by atoms with Crippen LogP contribution in [-0.4, -0.2) is 15.8 Å². The summed E-state index contributed by atoms with van der Waals surface area (Å²) in [7, 11) is 0. The van der Waals surface area contributed by atoms with Gasteiger partial charge in [0.15, 0.2) is 0 Å². The molecule has 0 saturated carbocycles. The Morgan fingerprint density at radius 2 is 1.86 bits per heavy atom. The number of primary amides is 1. The zero-order valence-electron chi connectivity index (χ0n) is 15.6. The zero-order chi connectivity index (χ0) is 20.4. The van der Waals surface area contributed by atoms with Gasteiger partial charge in [-0.25, -0.2) is 4.98 Å². The molecule has 1 amide bonds. The van der Waals surface area contributed by atoms with Crippen LogP contribution >= 0.6 is 11.3 Å². The van der Waals surface area contributed by atoms with Gasteiger partial charge in [0.2, 0.25) is 0 Å². The second kappa shape index (κ2) is 7.87. The van der Waals surface area contributed by atoms with Crippen LogP contribution in [0.1, 0.15) is 36.9 Å². The summed E-state index contributed by atoms with van der Waals surface area (Å²) in [5.41, 5.74) is 15.9. The number of nitrogens with two attached hydrogens (primary N) is 2. The Morgan fingerprint density at radius 3 is 2.43 bits per heavy atom. The predicted octanol–water partition coefficient (Wildman–Crippen LogP) is 3.48. The van der Waals surface area contributed by atoms with Crippen LogP contribution in [0.5, 0.6) is 0 Å². The third kappa shape index (κ3) is 3.92. The number of nitrogens with zero attached hydrogens (tertiary/aromatic N) is 2. The van der Waals surface area contributed by atoms with E-state index in [2.05, 4.69) is 4.98 Å². The van der Waals surface area contributed by atoms with E-state index in [0.29, 0.717) is 29.1 Å². The minimum Gasteiger partial charge on any atom is -0.365 e. The molecule has 1 aromatic heterocycles. The van der Waals surface area contributed by atoms with Gasteiger partial charge in [-0.15, -0.1) is 11.3 Å². The van der Waals surface area contributed by atoms with E-state index in [1.165, 1.54) is 11.3 Å². The molecule has 0 unspecified atom stereocenters. The lowest BCUT2D eigenvalue weighted by Gasteiger charge is -2.06. The molecule has 28 heavy (non-hydrogen) atoms. The number of aryl methyl sites for hydroxylation is 2. The van der Waals surface area contributed by atoms with Gasteiger partial charge in [-0.2, -0.15) is 0 Å². The molecule has 1 heterocycles. The second-order valence-corrected chi connectivity index (χ2v) is 7.63. The number of thiazole rings is 1. The van der Waals surface area contributed by atoms with Crippen LogP contribution < -0.4 is 11.5 Å². The lowest BCUT2D eigenvalue weighted by molar-refractivity contribution is -0.385. The number of carbonyl (C=O) groups excluding carboxylic acids is 1. The highest BCUT2D eigenvalue weighted by Gasteiger charge is 2.19. The first-order valence-electron chi connectivity index (χ1n) is 8.63. The summed E-state index contributed by atoms with van der Waals surface area (Å²) < 4.78 is 0. The minimum atomic E-state index is -0.529. The number of carbonyl (C=O) groups is 1. The van der Waals surface area contributed by atoms with Crippen molar-refractivity contribution in [3.05, 3.63) is 78.7 Å². The van der Waals surface area contributed by atoms with Crippen molar-refractivity contribution in [2.75, 3.05) is 0 Å². The first kappa shape index (κ1) is 19.7. The normalized spacial score (nSPS) is 10.8. The molecule has 0 spiro atoms. The van der Waals surface area contributed by atoms with E-state index in [0.717, 1.165) is 27.3 Å². The van der Waals surface area contributed by atoms with Crippen molar-refractivity contribution in [1.82, 2.24) is 4.98 Å². The number of nitro groups is 1. The Hall–Kier alpha value is -3.10. The van der Waals surface area contributed by atoms with Crippen LogP contribution in [0, 0.1) is 24.0 Å². The van der Waals surface area contributed by atoms with E-state index >= 15 is 0 Å². The Labute approximate surface area is 166 Å². The number of hydrogen-bond donors (Lipinski definition) is 2. The van der Waals surface area contributed by atoms with Crippen molar-refractivity contribution in [3.63, 3.8) is 0 Å². The molecule has 0 bridgehead atoms. The maximum absolute atomic E-state index is 11.9. The van der Waals surface area contributed by atoms with Gasteiger partial charge in [-0.1, -0.05) is 24.3 Å². The minimum absolute atomic E-state index is 0.0962. The quantitative estimate of drug-likeness (QED) is 0.487. The molecule has 0 atom stereocenters. The van der Waals surface area contributed by atoms with Crippen molar-refractivity contribution in [2.45, 2.75) is 26.8 Å². The number of amides is 1. The molecule has 2 aromatic carbocycles. The molecule has 8 heteroatoms. The lowest BCUT2D eigenvalue weighted by atomic mass is 10.0. The van der Waals surface area contributed by atoms with Gasteiger partial charge in [0.1, 0.15) is 4.88 Å². The van der Waals surface area contributed by atoms with Crippen LogP contribution in [0.2, 0.25) is 0 Å². The van der Waals surface area contributed by atoms with Gasteiger partial charge in [-0.05, 0) is 36.6 Å². The summed E-state index contributed by atoms with van der Waals surface area (Å²) in [6, 6.07) is 10.9. The predicted molar refractivity (Wildman–Crippen MR) is 109 cm³/mol. The van der Waals surface area contributed by atoms with Crippen molar-refractivity contribution < 1.29 is 9.72 Å². The van der Waals surface area contributed by atoms with E-state index in [1.54, 1.807) is 19.1 Å². The van der Waals surface area contributed by atoms with Gasteiger partial charge in [0, 0.05) is 30.2 Å². The summed E-state index contributed by atoms with van der Waals surface area (Å²) in [5, 5.41) is 11.8. The molecule has 0 saturated heterocycles. The van der Waals surface area contributed by atoms with Crippen LogP contribution in [-0.2, 0) is 13.0 Å². The molecular weight excluding hydrogens is 376 g/mol. The molecular formula is C20H20N4O3S. The fourth-order valence-electron chi connectivity index (χ4n) is 3.01. The van der Waals surface area contributed by atoms with Gasteiger partial charge >= 0.3 is 0 Å². The highest BCUT2D eigenvalue weighted by molar-refractivity contribution is 7.14. The molecule has 3 rings (SSSR count). The molecule has 0 aliphatic heterocycles. The SMILES string of the molecule is Cc1cc([N+](=O)[O-])c(C)cc1Cc1nc(-c2ccc(CN)cc2)c(C(N)=O)s1. The smallest absolute Gasteiger partial charge is 0.272 e. The standard InChI is InChI=1S/C20H20N4O3S/c1-11-8-16(24(26)27)12(2)7-15(11)9-17-23-18(19(28-17)20(22)25)14-5-3-13(10-21)4-6-14/h3-8H,9-10,21H2,1-2H3,(H2,22,25). The van der Waals surface area contributed by atoms with E-state index in [1.807, 2.05) is 31.2 Å². The molecule has 0 aliphatic carbocycles. The first-order chi connectivity index (χ1) is 13.3. The molecule has 3 aromatic rings.